The van der Waals surface area contributed by atoms with Crippen LogP contribution in [0.2, 0.25) is 5.02 Å². The predicted octanol–water partition coefficient (Wildman–Crippen LogP) is 2.80. The first-order valence-electron chi connectivity index (χ1n) is 8.63. The highest BCUT2D eigenvalue weighted by molar-refractivity contribution is 6.32. The second-order valence-electron chi connectivity index (χ2n) is 6.59. The molecule has 1 fully saturated rings. The van der Waals surface area contributed by atoms with Crippen LogP contribution in [0.15, 0.2) is 12.1 Å². The minimum absolute atomic E-state index is 0.0407. The molecule has 0 radical (unpaired) electrons. The van der Waals surface area contributed by atoms with Gasteiger partial charge in [-0.25, -0.2) is 0 Å². The molecule has 1 aliphatic carbocycles. The first-order chi connectivity index (χ1) is 12.0. The first-order valence-corrected chi connectivity index (χ1v) is 9.01. The molecule has 1 saturated carbocycles. The Kier molecular flexibility index (Phi) is 5.68. The van der Waals surface area contributed by atoms with E-state index in [9.17, 15) is 9.59 Å². The molecule has 1 amide bonds. The van der Waals surface area contributed by atoms with Crippen molar-refractivity contribution in [3.63, 3.8) is 0 Å². The third-order valence-electron chi connectivity index (χ3n) is 4.67. The van der Waals surface area contributed by atoms with Crippen LogP contribution < -0.4 is 14.8 Å². The van der Waals surface area contributed by atoms with Crippen LogP contribution >= 0.6 is 11.6 Å². The summed E-state index contributed by atoms with van der Waals surface area (Å²) in [4.78, 5) is 23.3. The number of hydrogen-bond donors (Lipinski definition) is 2. The maximum absolute atomic E-state index is 12.3. The van der Waals surface area contributed by atoms with Crippen LogP contribution in [0.1, 0.15) is 37.7 Å². The van der Waals surface area contributed by atoms with E-state index < -0.39 is 5.97 Å². The van der Waals surface area contributed by atoms with Gasteiger partial charge in [-0.2, -0.15) is 0 Å². The SMILES string of the molecule is O=C(Cc1cc(Cl)c2c(c1)OCCCO2)NC1CCC(C(=O)O)CC1. The van der Waals surface area contributed by atoms with Gasteiger partial charge in [-0.05, 0) is 43.4 Å². The van der Waals surface area contributed by atoms with Gasteiger partial charge in [0, 0.05) is 12.5 Å². The number of aliphatic carboxylic acids is 1. The summed E-state index contributed by atoms with van der Waals surface area (Å²) in [6.45, 7) is 1.12. The van der Waals surface area contributed by atoms with Gasteiger partial charge >= 0.3 is 5.97 Å². The Balaban J connectivity index is 1.57. The Labute approximate surface area is 151 Å². The lowest BCUT2D eigenvalue weighted by molar-refractivity contribution is -0.142. The molecular formula is C18H22ClNO5. The van der Waals surface area contributed by atoms with Crippen molar-refractivity contribution in [2.75, 3.05) is 13.2 Å². The van der Waals surface area contributed by atoms with Gasteiger partial charge in [0.05, 0.1) is 30.6 Å². The van der Waals surface area contributed by atoms with E-state index in [1.165, 1.54) is 0 Å². The van der Waals surface area contributed by atoms with Crippen LogP contribution in [0, 0.1) is 5.92 Å². The van der Waals surface area contributed by atoms with Crippen molar-refractivity contribution in [3.05, 3.63) is 22.7 Å². The van der Waals surface area contributed by atoms with E-state index in [0.717, 1.165) is 12.0 Å². The highest BCUT2D eigenvalue weighted by atomic mass is 35.5. The van der Waals surface area contributed by atoms with Crippen LogP contribution in [-0.4, -0.2) is 36.2 Å². The lowest BCUT2D eigenvalue weighted by Gasteiger charge is -2.26. The molecule has 0 unspecified atom stereocenters. The zero-order chi connectivity index (χ0) is 17.8. The van der Waals surface area contributed by atoms with E-state index in [4.69, 9.17) is 26.2 Å². The summed E-state index contributed by atoms with van der Waals surface area (Å²) >= 11 is 6.25. The monoisotopic (exact) mass is 367 g/mol. The normalized spacial score (nSPS) is 22.8. The summed E-state index contributed by atoms with van der Waals surface area (Å²) in [6, 6.07) is 3.57. The number of carbonyl (C=O) groups excluding carboxylic acids is 1. The van der Waals surface area contributed by atoms with E-state index in [1.54, 1.807) is 12.1 Å². The molecule has 0 bridgehead atoms. The molecule has 0 saturated heterocycles. The minimum Gasteiger partial charge on any atom is -0.489 e. The van der Waals surface area contributed by atoms with Gasteiger partial charge in [0.15, 0.2) is 11.5 Å². The second-order valence-corrected chi connectivity index (χ2v) is 6.99. The molecule has 1 aromatic rings. The van der Waals surface area contributed by atoms with Gasteiger partial charge in [0.1, 0.15) is 0 Å². The zero-order valence-corrected chi connectivity index (χ0v) is 14.7. The molecular weight excluding hydrogens is 346 g/mol. The van der Waals surface area contributed by atoms with Crippen LogP contribution in [0.5, 0.6) is 11.5 Å². The molecule has 1 aliphatic heterocycles. The number of carboxylic acid groups (broad SMARTS) is 1. The van der Waals surface area contributed by atoms with Crippen molar-refractivity contribution in [2.24, 2.45) is 5.92 Å². The van der Waals surface area contributed by atoms with Gasteiger partial charge in [-0.1, -0.05) is 11.6 Å². The third kappa shape index (κ3) is 4.57. The predicted molar refractivity (Wildman–Crippen MR) is 92.3 cm³/mol. The summed E-state index contributed by atoms with van der Waals surface area (Å²) < 4.78 is 11.2. The van der Waals surface area contributed by atoms with E-state index in [-0.39, 0.29) is 24.3 Å². The number of hydrogen-bond acceptors (Lipinski definition) is 4. The number of ether oxygens (including phenoxy) is 2. The molecule has 0 aromatic heterocycles. The molecule has 6 nitrogen and oxygen atoms in total. The summed E-state index contributed by atoms with van der Waals surface area (Å²) in [5.41, 5.74) is 0.769. The van der Waals surface area contributed by atoms with E-state index in [2.05, 4.69) is 5.32 Å². The average Bonchev–Trinajstić information content (AvgIpc) is 2.81. The molecule has 1 heterocycles. The molecule has 25 heavy (non-hydrogen) atoms. The van der Waals surface area contributed by atoms with Crippen molar-refractivity contribution >= 4 is 23.5 Å². The Morgan fingerprint density at radius 1 is 1.16 bits per heavy atom. The quantitative estimate of drug-likeness (QED) is 0.854. The number of carbonyl (C=O) groups is 2. The number of benzene rings is 1. The molecule has 0 spiro atoms. The third-order valence-corrected chi connectivity index (χ3v) is 4.95. The summed E-state index contributed by atoms with van der Waals surface area (Å²) in [7, 11) is 0. The van der Waals surface area contributed by atoms with Gasteiger partial charge in [-0.3, -0.25) is 9.59 Å². The topological polar surface area (TPSA) is 84.9 Å². The fourth-order valence-corrected chi connectivity index (χ4v) is 3.62. The smallest absolute Gasteiger partial charge is 0.306 e. The van der Waals surface area contributed by atoms with Crippen LogP contribution in [0.25, 0.3) is 0 Å². The average molecular weight is 368 g/mol. The van der Waals surface area contributed by atoms with Gasteiger partial charge in [0.25, 0.3) is 0 Å². The summed E-state index contributed by atoms with van der Waals surface area (Å²) in [6.07, 6.45) is 3.61. The molecule has 0 atom stereocenters. The van der Waals surface area contributed by atoms with Gasteiger partial charge < -0.3 is 19.9 Å². The van der Waals surface area contributed by atoms with Crippen molar-refractivity contribution in [1.82, 2.24) is 5.32 Å². The molecule has 2 N–H and O–H groups in total. The number of carboxylic acids is 1. The van der Waals surface area contributed by atoms with Crippen molar-refractivity contribution in [1.29, 1.82) is 0 Å². The van der Waals surface area contributed by atoms with Gasteiger partial charge in [-0.15, -0.1) is 0 Å². The second kappa shape index (κ2) is 7.95. The van der Waals surface area contributed by atoms with Gasteiger partial charge in [0.2, 0.25) is 5.91 Å². The highest BCUT2D eigenvalue weighted by Crippen LogP contribution is 2.38. The summed E-state index contributed by atoms with van der Waals surface area (Å²) in [5, 5.41) is 12.5. The van der Waals surface area contributed by atoms with Crippen molar-refractivity contribution in [3.8, 4) is 11.5 Å². The van der Waals surface area contributed by atoms with Crippen LogP contribution in [0.4, 0.5) is 0 Å². The molecule has 1 aromatic carbocycles. The van der Waals surface area contributed by atoms with Crippen LogP contribution in [0.3, 0.4) is 0 Å². The maximum Gasteiger partial charge on any atom is 0.306 e. The van der Waals surface area contributed by atoms with E-state index in [1.807, 2.05) is 0 Å². The largest absolute Gasteiger partial charge is 0.489 e. The number of rotatable bonds is 4. The zero-order valence-electron chi connectivity index (χ0n) is 13.9. The fraction of sp³-hybridized carbons (Fsp3) is 0.556. The molecule has 136 valence electrons. The molecule has 7 heteroatoms. The first kappa shape index (κ1) is 17.9. The lowest BCUT2D eigenvalue weighted by atomic mass is 9.86. The number of amides is 1. The molecule has 2 aliphatic rings. The van der Waals surface area contributed by atoms with E-state index >= 15 is 0 Å². The summed E-state index contributed by atoms with van der Waals surface area (Å²) in [5.74, 6) is -0.00489. The highest BCUT2D eigenvalue weighted by Gasteiger charge is 2.26. The number of nitrogens with one attached hydrogen (secondary N) is 1. The Hall–Kier alpha value is -1.95. The van der Waals surface area contributed by atoms with E-state index in [0.29, 0.717) is 55.4 Å². The minimum atomic E-state index is -0.744. The standard InChI is InChI=1S/C18H22ClNO5/c19-14-8-11(9-15-17(14)25-7-1-6-24-15)10-16(21)20-13-4-2-12(3-5-13)18(22)23/h8-9,12-13H,1-7,10H2,(H,20,21)(H,22,23). The molecule has 3 rings (SSSR count). The Bertz CT molecular complexity index is 655. The Morgan fingerprint density at radius 3 is 2.60 bits per heavy atom. The van der Waals surface area contributed by atoms with Crippen LogP contribution in [-0.2, 0) is 16.0 Å². The fourth-order valence-electron chi connectivity index (χ4n) is 3.34. The maximum atomic E-state index is 12.3. The number of fused-ring (bicyclic) bond motifs is 1. The van der Waals surface area contributed by atoms with Crippen molar-refractivity contribution in [2.45, 2.75) is 44.6 Å². The lowest BCUT2D eigenvalue weighted by Crippen LogP contribution is -2.39. The number of halogens is 1. The Morgan fingerprint density at radius 2 is 1.88 bits per heavy atom. The van der Waals surface area contributed by atoms with Crippen molar-refractivity contribution < 1.29 is 24.2 Å².